The molecule has 2 amide bonds. The van der Waals surface area contributed by atoms with Gasteiger partial charge in [0.2, 0.25) is 5.91 Å². The van der Waals surface area contributed by atoms with Crippen molar-refractivity contribution in [1.29, 1.82) is 0 Å². The second kappa shape index (κ2) is 14.5. The number of carbonyl (C=O) groups is 2. The summed E-state index contributed by atoms with van der Waals surface area (Å²) in [5.74, 6) is -0.495. The number of nitrogens with zero attached hydrogens (tertiary/aromatic N) is 2. The fraction of sp³-hybridized carbons (Fsp3) is 0.500. The van der Waals surface area contributed by atoms with Crippen molar-refractivity contribution in [2.45, 2.75) is 71.1 Å². The third kappa shape index (κ3) is 9.92. The lowest BCUT2D eigenvalue weighted by molar-refractivity contribution is -0.126. The van der Waals surface area contributed by atoms with Crippen molar-refractivity contribution in [3.63, 3.8) is 0 Å². The minimum Gasteiger partial charge on any atom is -0.347 e. The molecule has 31 heavy (non-hydrogen) atoms. The summed E-state index contributed by atoms with van der Waals surface area (Å²) in [6, 6.07) is 9.47. The monoisotopic (exact) mass is 444 g/mol. The molecular formula is C24H33ClN4O2. The summed E-state index contributed by atoms with van der Waals surface area (Å²) in [5, 5.41) is 7.78. The predicted octanol–water partition coefficient (Wildman–Crippen LogP) is 5.38. The number of aromatic nitrogens is 1. The summed E-state index contributed by atoms with van der Waals surface area (Å²) in [7, 11) is 0. The van der Waals surface area contributed by atoms with Gasteiger partial charge < -0.3 is 5.32 Å². The van der Waals surface area contributed by atoms with Crippen LogP contribution in [0.15, 0.2) is 35.4 Å². The zero-order chi connectivity index (χ0) is 22.3. The van der Waals surface area contributed by atoms with Gasteiger partial charge in [-0.25, -0.2) is 10.4 Å². The first-order valence-electron chi connectivity index (χ1n) is 11.2. The first kappa shape index (κ1) is 24.8. The van der Waals surface area contributed by atoms with E-state index >= 15 is 0 Å². The highest BCUT2D eigenvalue weighted by Crippen LogP contribution is 2.18. The number of para-hydroxylation sites is 1. The average molecular weight is 445 g/mol. The molecule has 2 N–H and O–H groups in total. The molecule has 0 bridgehead atoms. The smallest absolute Gasteiger partial charge is 0.259 e. The number of carbonyl (C=O) groups excluding carboxylic acids is 2. The maximum Gasteiger partial charge on any atom is 0.259 e. The standard InChI is InChI=1S/C24H33ClN4O2/c1-2-3-4-5-6-7-8-9-10-15-22(30)26-18-23(31)29-27-17-20-16-19-13-11-12-14-21(19)28-24(20)25/h11-14,16-17H,2-10,15,18H2,1H3,(H,26,30)(H,29,31)/b27-17-. The molecule has 1 heterocycles. The molecule has 2 rings (SSSR count). The van der Waals surface area contributed by atoms with E-state index in [0.717, 1.165) is 23.7 Å². The SMILES string of the molecule is CCCCCCCCCCCC(=O)NCC(=O)N/N=C\c1cc2ccccc2nc1Cl. The van der Waals surface area contributed by atoms with E-state index in [4.69, 9.17) is 11.6 Å². The Bertz CT molecular complexity index is 870. The van der Waals surface area contributed by atoms with Crippen LogP contribution in [-0.4, -0.2) is 29.6 Å². The van der Waals surface area contributed by atoms with Gasteiger partial charge in [0.15, 0.2) is 0 Å². The predicted molar refractivity (Wildman–Crippen MR) is 127 cm³/mol. The van der Waals surface area contributed by atoms with Gasteiger partial charge in [0.05, 0.1) is 18.3 Å². The van der Waals surface area contributed by atoms with Gasteiger partial charge in [-0.05, 0) is 18.6 Å². The third-order valence-electron chi connectivity index (χ3n) is 5.05. The number of pyridine rings is 1. The lowest BCUT2D eigenvalue weighted by atomic mass is 10.1. The number of hydrogen-bond donors (Lipinski definition) is 2. The molecule has 2 aromatic rings. The second-order valence-corrected chi connectivity index (χ2v) is 8.07. The van der Waals surface area contributed by atoms with Gasteiger partial charge in [0.1, 0.15) is 5.15 Å². The van der Waals surface area contributed by atoms with Crippen molar-refractivity contribution in [3.05, 3.63) is 41.0 Å². The quantitative estimate of drug-likeness (QED) is 0.178. The molecule has 0 fully saturated rings. The van der Waals surface area contributed by atoms with Crippen LogP contribution < -0.4 is 10.7 Å². The summed E-state index contributed by atoms with van der Waals surface area (Å²) in [5.41, 5.74) is 3.80. The number of halogens is 1. The van der Waals surface area contributed by atoms with Gasteiger partial charge >= 0.3 is 0 Å². The van der Waals surface area contributed by atoms with Crippen LogP contribution in [0.4, 0.5) is 0 Å². The Morgan fingerprint density at radius 3 is 2.42 bits per heavy atom. The van der Waals surface area contributed by atoms with Crippen LogP contribution >= 0.6 is 11.6 Å². The molecule has 7 heteroatoms. The van der Waals surface area contributed by atoms with Crippen molar-refractivity contribution < 1.29 is 9.59 Å². The van der Waals surface area contributed by atoms with E-state index in [-0.39, 0.29) is 18.4 Å². The van der Waals surface area contributed by atoms with Gasteiger partial charge in [-0.3, -0.25) is 9.59 Å². The van der Waals surface area contributed by atoms with E-state index in [1.807, 2.05) is 30.3 Å². The first-order valence-corrected chi connectivity index (χ1v) is 11.6. The first-order chi connectivity index (χ1) is 15.1. The summed E-state index contributed by atoms with van der Waals surface area (Å²) >= 11 is 6.16. The number of nitrogens with one attached hydrogen (secondary N) is 2. The maximum absolute atomic E-state index is 11.9. The van der Waals surface area contributed by atoms with Crippen molar-refractivity contribution in [2.75, 3.05) is 6.54 Å². The third-order valence-corrected chi connectivity index (χ3v) is 5.35. The molecule has 0 spiro atoms. The largest absolute Gasteiger partial charge is 0.347 e. The molecular weight excluding hydrogens is 412 g/mol. The Hall–Kier alpha value is -2.47. The van der Waals surface area contributed by atoms with E-state index < -0.39 is 0 Å². The number of rotatable bonds is 14. The van der Waals surface area contributed by atoms with Gasteiger partial charge in [0, 0.05) is 17.4 Å². The van der Waals surface area contributed by atoms with Crippen molar-refractivity contribution in [1.82, 2.24) is 15.7 Å². The Morgan fingerprint density at radius 2 is 1.68 bits per heavy atom. The fourth-order valence-electron chi connectivity index (χ4n) is 3.28. The summed E-state index contributed by atoms with van der Waals surface area (Å²) in [4.78, 5) is 28.0. The number of unbranched alkanes of at least 4 members (excludes halogenated alkanes) is 8. The van der Waals surface area contributed by atoms with Crippen LogP contribution in [-0.2, 0) is 9.59 Å². The van der Waals surface area contributed by atoms with E-state index in [2.05, 4.69) is 27.8 Å². The Labute approximate surface area is 189 Å². The summed E-state index contributed by atoms with van der Waals surface area (Å²) in [6.45, 7) is 2.12. The van der Waals surface area contributed by atoms with Crippen LogP contribution in [0.3, 0.4) is 0 Å². The molecule has 0 saturated heterocycles. The lowest BCUT2D eigenvalue weighted by Crippen LogP contribution is -2.34. The number of fused-ring (bicyclic) bond motifs is 1. The summed E-state index contributed by atoms with van der Waals surface area (Å²) < 4.78 is 0. The maximum atomic E-state index is 11.9. The molecule has 1 aromatic heterocycles. The Balaban J connectivity index is 1.58. The van der Waals surface area contributed by atoms with E-state index in [0.29, 0.717) is 17.1 Å². The van der Waals surface area contributed by atoms with Crippen LogP contribution in [0, 0.1) is 0 Å². The van der Waals surface area contributed by atoms with Crippen LogP contribution in [0.2, 0.25) is 5.15 Å². The van der Waals surface area contributed by atoms with Gasteiger partial charge in [-0.1, -0.05) is 88.1 Å². The average Bonchev–Trinajstić information content (AvgIpc) is 2.77. The molecule has 0 atom stereocenters. The highest BCUT2D eigenvalue weighted by Gasteiger charge is 2.06. The van der Waals surface area contributed by atoms with Crippen molar-refractivity contribution in [2.24, 2.45) is 5.10 Å². The molecule has 0 unspecified atom stereocenters. The summed E-state index contributed by atoms with van der Waals surface area (Å²) in [6.07, 6.45) is 12.7. The minimum absolute atomic E-state index is 0.0999. The molecule has 6 nitrogen and oxygen atoms in total. The normalized spacial score (nSPS) is 11.2. The Morgan fingerprint density at radius 1 is 1.00 bits per heavy atom. The van der Waals surface area contributed by atoms with E-state index in [9.17, 15) is 9.59 Å². The number of hydrazone groups is 1. The molecule has 0 radical (unpaired) electrons. The van der Waals surface area contributed by atoms with Crippen molar-refractivity contribution >= 4 is 40.5 Å². The number of benzene rings is 1. The topological polar surface area (TPSA) is 83.5 Å². The van der Waals surface area contributed by atoms with Crippen LogP contribution in [0.5, 0.6) is 0 Å². The molecule has 0 aliphatic rings. The molecule has 0 aliphatic carbocycles. The van der Waals surface area contributed by atoms with Crippen LogP contribution in [0.1, 0.15) is 76.7 Å². The van der Waals surface area contributed by atoms with Crippen molar-refractivity contribution in [3.8, 4) is 0 Å². The highest BCUT2D eigenvalue weighted by molar-refractivity contribution is 6.32. The van der Waals surface area contributed by atoms with Crippen LogP contribution in [0.25, 0.3) is 10.9 Å². The second-order valence-electron chi connectivity index (χ2n) is 7.71. The van der Waals surface area contributed by atoms with E-state index in [1.54, 1.807) is 0 Å². The Kier molecular flexibility index (Phi) is 11.6. The van der Waals surface area contributed by atoms with Gasteiger partial charge in [-0.15, -0.1) is 0 Å². The molecule has 1 aromatic carbocycles. The van der Waals surface area contributed by atoms with E-state index in [1.165, 1.54) is 51.2 Å². The van der Waals surface area contributed by atoms with Gasteiger partial charge in [-0.2, -0.15) is 5.10 Å². The minimum atomic E-state index is -0.387. The highest BCUT2D eigenvalue weighted by atomic mass is 35.5. The number of hydrogen-bond acceptors (Lipinski definition) is 4. The molecule has 0 aliphatic heterocycles. The van der Waals surface area contributed by atoms with Gasteiger partial charge in [0.25, 0.3) is 5.91 Å². The molecule has 0 saturated carbocycles. The fourth-order valence-corrected chi connectivity index (χ4v) is 3.47. The number of amides is 2. The molecule has 168 valence electrons. The lowest BCUT2D eigenvalue weighted by Gasteiger charge is -2.05. The zero-order valence-corrected chi connectivity index (χ0v) is 19.1. The zero-order valence-electron chi connectivity index (χ0n) is 18.3.